The minimum Gasteiger partial charge on any atom is -0.345 e. The highest BCUT2D eigenvalue weighted by Gasteiger charge is 2.05. The molecule has 0 atom stereocenters. The Balaban J connectivity index is 1.62. The second kappa shape index (κ2) is 5.62. The van der Waals surface area contributed by atoms with Gasteiger partial charge in [0.1, 0.15) is 5.82 Å². The molecule has 6 heteroatoms. The van der Waals surface area contributed by atoms with E-state index in [-0.39, 0.29) is 12.4 Å². The number of hydrogen-bond acceptors (Lipinski definition) is 2. The molecule has 5 nitrogen and oxygen atoms in total. The lowest BCUT2D eigenvalue weighted by Gasteiger charge is -2.08. The van der Waals surface area contributed by atoms with Gasteiger partial charge in [-0.1, -0.05) is 18.2 Å². The maximum atomic E-state index is 13.4. The van der Waals surface area contributed by atoms with E-state index in [1.165, 1.54) is 6.07 Å². The van der Waals surface area contributed by atoms with Crippen molar-refractivity contribution in [1.29, 1.82) is 0 Å². The number of benzene rings is 2. The zero-order chi connectivity index (χ0) is 14.7. The number of aromatic amines is 1. The maximum absolute atomic E-state index is 13.4. The van der Waals surface area contributed by atoms with Crippen LogP contribution in [0, 0.1) is 5.82 Å². The summed E-state index contributed by atoms with van der Waals surface area (Å²) in [4.78, 5) is 18.9. The zero-order valence-corrected chi connectivity index (χ0v) is 11.1. The predicted octanol–water partition coefficient (Wildman–Crippen LogP) is 3.02. The molecule has 0 spiro atoms. The van der Waals surface area contributed by atoms with E-state index >= 15 is 0 Å². The van der Waals surface area contributed by atoms with E-state index in [1.54, 1.807) is 42.7 Å². The minimum atomic E-state index is -0.392. The number of nitrogens with zero attached hydrogens (tertiary/aromatic N) is 1. The van der Waals surface area contributed by atoms with Crippen molar-refractivity contribution in [3.8, 4) is 0 Å². The van der Waals surface area contributed by atoms with Crippen LogP contribution in [0.2, 0.25) is 0 Å². The zero-order valence-electron chi connectivity index (χ0n) is 11.1. The van der Waals surface area contributed by atoms with Gasteiger partial charge in [0.25, 0.3) is 0 Å². The lowest BCUT2D eigenvalue weighted by atomic mass is 10.2. The molecule has 0 radical (unpaired) electrons. The number of carbonyl (C=O) groups is 1. The van der Waals surface area contributed by atoms with Crippen LogP contribution in [-0.4, -0.2) is 16.0 Å². The van der Waals surface area contributed by atoms with Gasteiger partial charge in [-0.15, -0.1) is 0 Å². The maximum Gasteiger partial charge on any atom is 0.319 e. The third kappa shape index (κ3) is 3.00. The molecule has 0 saturated heterocycles. The van der Waals surface area contributed by atoms with E-state index in [4.69, 9.17) is 0 Å². The number of rotatable bonds is 3. The Bertz CT molecular complexity index is 784. The summed E-state index contributed by atoms with van der Waals surface area (Å²) in [6.07, 6.45) is 1.59. The highest BCUT2D eigenvalue weighted by Crippen LogP contribution is 2.15. The quantitative estimate of drug-likeness (QED) is 0.692. The van der Waals surface area contributed by atoms with E-state index in [1.807, 2.05) is 0 Å². The van der Waals surface area contributed by atoms with Gasteiger partial charge < -0.3 is 15.6 Å². The normalized spacial score (nSPS) is 10.5. The molecule has 0 aliphatic carbocycles. The van der Waals surface area contributed by atoms with Crippen LogP contribution < -0.4 is 10.6 Å². The van der Waals surface area contributed by atoms with Crippen LogP contribution in [0.25, 0.3) is 11.0 Å². The summed E-state index contributed by atoms with van der Waals surface area (Å²) in [6.45, 7) is 0.130. The summed E-state index contributed by atoms with van der Waals surface area (Å²) in [5, 5.41) is 5.31. The van der Waals surface area contributed by atoms with Crippen molar-refractivity contribution >= 4 is 22.8 Å². The fourth-order valence-electron chi connectivity index (χ4n) is 2.01. The van der Waals surface area contributed by atoms with Crippen molar-refractivity contribution in [3.63, 3.8) is 0 Å². The lowest BCUT2D eigenvalue weighted by Crippen LogP contribution is -2.28. The minimum absolute atomic E-state index is 0.130. The van der Waals surface area contributed by atoms with Crippen molar-refractivity contribution in [2.75, 3.05) is 5.32 Å². The molecule has 2 amide bonds. The molecule has 0 bridgehead atoms. The van der Waals surface area contributed by atoms with Gasteiger partial charge in [0.15, 0.2) is 0 Å². The fraction of sp³-hybridized carbons (Fsp3) is 0.0667. The molecular weight excluding hydrogens is 271 g/mol. The Morgan fingerprint density at radius 1 is 1.24 bits per heavy atom. The molecule has 2 aromatic carbocycles. The molecule has 21 heavy (non-hydrogen) atoms. The molecular formula is C15H13FN4O. The summed E-state index contributed by atoms with van der Waals surface area (Å²) in [6, 6.07) is 11.3. The standard InChI is InChI=1S/C15H13FN4O/c16-12-4-2-1-3-10(12)8-17-15(21)20-11-5-6-13-14(7-11)19-9-18-13/h1-7,9H,8H2,(H,18,19)(H2,17,20,21). The van der Waals surface area contributed by atoms with Gasteiger partial charge in [0, 0.05) is 17.8 Å². The van der Waals surface area contributed by atoms with E-state index in [0.717, 1.165) is 11.0 Å². The predicted molar refractivity (Wildman–Crippen MR) is 78.4 cm³/mol. The summed E-state index contributed by atoms with van der Waals surface area (Å²) in [5.41, 5.74) is 2.74. The number of halogens is 1. The fourth-order valence-corrected chi connectivity index (χ4v) is 2.01. The van der Waals surface area contributed by atoms with Crippen molar-refractivity contribution in [3.05, 3.63) is 60.2 Å². The molecule has 3 aromatic rings. The Hall–Kier alpha value is -2.89. The van der Waals surface area contributed by atoms with Gasteiger partial charge in [-0.3, -0.25) is 0 Å². The highest BCUT2D eigenvalue weighted by molar-refractivity contribution is 5.91. The number of imidazole rings is 1. The van der Waals surface area contributed by atoms with E-state index in [9.17, 15) is 9.18 Å². The van der Waals surface area contributed by atoms with Gasteiger partial charge >= 0.3 is 6.03 Å². The second-order valence-electron chi connectivity index (χ2n) is 4.53. The largest absolute Gasteiger partial charge is 0.345 e. The summed E-state index contributed by atoms with van der Waals surface area (Å²) >= 11 is 0. The number of H-pyrrole nitrogens is 1. The Morgan fingerprint density at radius 2 is 2.10 bits per heavy atom. The second-order valence-corrected chi connectivity index (χ2v) is 4.53. The number of hydrogen-bond donors (Lipinski definition) is 3. The Labute approximate surface area is 120 Å². The molecule has 1 aromatic heterocycles. The first-order valence-corrected chi connectivity index (χ1v) is 6.44. The molecule has 0 saturated carbocycles. The molecule has 3 N–H and O–H groups in total. The summed E-state index contributed by atoms with van der Waals surface area (Å²) in [5.74, 6) is -0.336. The Kier molecular flexibility index (Phi) is 3.51. The lowest BCUT2D eigenvalue weighted by molar-refractivity contribution is 0.251. The first-order valence-electron chi connectivity index (χ1n) is 6.44. The SMILES string of the molecule is O=C(NCc1ccccc1F)Nc1ccc2nc[nH]c2c1. The van der Waals surface area contributed by atoms with Crippen molar-refractivity contribution in [1.82, 2.24) is 15.3 Å². The van der Waals surface area contributed by atoms with Gasteiger partial charge in [0.05, 0.1) is 17.4 Å². The van der Waals surface area contributed by atoms with Crippen LogP contribution >= 0.6 is 0 Å². The van der Waals surface area contributed by atoms with Crippen LogP contribution in [0.15, 0.2) is 48.8 Å². The highest BCUT2D eigenvalue weighted by atomic mass is 19.1. The summed E-state index contributed by atoms with van der Waals surface area (Å²) < 4.78 is 13.4. The van der Waals surface area contributed by atoms with Crippen LogP contribution in [0.3, 0.4) is 0 Å². The van der Waals surface area contributed by atoms with Crippen LogP contribution in [-0.2, 0) is 6.54 Å². The first-order chi connectivity index (χ1) is 10.2. The molecule has 0 fully saturated rings. The number of amides is 2. The number of urea groups is 1. The summed E-state index contributed by atoms with van der Waals surface area (Å²) in [7, 11) is 0. The van der Waals surface area contributed by atoms with Crippen LogP contribution in [0.5, 0.6) is 0 Å². The van der Waals surface area contributed by atoms with Crippen molar-refractivity contribution in [2.24, 2.45) is 0 Å². The third-order valence-corrected chi connectivity index (χ3v) is 3.08. The number of nitrogens with one attached hydrogen (secondary N) is 3. The van der Waals surface area contributed by atoms with Gasteiger partial charge in [-0.2, -0.15) is 0 Å². The monoisotopic (exact) mass is 284 g/mol. The smallest absolute Gasteiger partial charge is 0.319 e. The van der Waals surface area contributed by atoms with Crippen molar-refractivity contribution in [2.45, 2.75) is 6.54 Å². The number of carbonyl (C=O) groups excluding carboxylic acids is 1. The molecule has 106 valence electrons. The average molecular weight is 284 g/mol. The molecule has 0 aliphatic rings. The van der Waals surface area contributed by atoms with Gasteiger partial charge in [-0.05, 0) is 24.3 Å². The first kappa shape index (κ1) is 13.1. The topological polar surface area (TPSA) is 69.8 Å². The van der Waals surface area contributed by atoms with E-state index < -0.39 is 6.03 Å². The number of anilines is 1. The Morgan fingerprint density at radius 3 is 2.95 bits per heavy atom. The van der Waals surface area contributed by atoms with Crippen molar-refractivity contribution < 1.29 is 9.18 Å². The van der Waals surface area contributed by atoms with E-state index in [2.05, 4.69) is 20.6 Å². The average Bonchev–Trinajstić information content (AvgIpc) is 2.94. The molecule has 0 unspecified atom stereocenters. The van der Waals surface area contributed by atoms with Crippen LogP contribution in [0.1, 0.15) is 5.56 Å². The molecule has 3 rings (SSSR count). The van der Waals surface area contributed by atoms with Gasteiger partial charge in [-0.25, -0.2) is 14.2 Å². The van der Waals surface area contributed by atoms with Crippen LogP contribution in [0.4, 0.5) is 14.9 Å². The molecule has 0 aliphatic heterocycles. The molecule has 1 heterocycles. The number of aromatic nitrogens is 2. The third-order valence-electron chi connectivity index (χ3n) is 3.08. The van der Waals surface area contributed by atoms with E-state index in [0.29, 0.717) is 11.3 Å². The number of fused-ring (bicyclic) bond motifs is 1. The van der Waals surface area contributed by atoms with Gasteiger partial charge in [0.2, 0.25) is 0 Å².